The zero-order chi connectivity index (χ0) is 21.3. The molecule has 0 aliphatic carbocycles. The summed E-state index contributed by atoms with van der Waals surface area (Å²) in [6.45, 7) is 1.34. The molecule has 0 saturated carbocycles. The lowest BCUT2D eigenvalue weighted by Gasteiger charge is -2.21. The van der Waals surface area contributed by atoms with E-state index in [1.807, 2.05) is 36.4 Å². The highest BCUT2D eigenvalue weighted by molar-refractivity contribution is 6.14. The Morgan fingerprint density at radius 3 is 2.50 bits per heavy atom. The third-order valence-corrected chi connectivity index (χ3v) is 5.13. The van der Waals surface area contributed by atoms with Gasteiger partial charge in [0.2, 0.25) is 0 Å². The van der Waals surface area contributed by atoms with E-state index in [1.165, 1.54) is 29.2 Å². The van der Waals surface area contributed by atoms with Gasteiger partial charge in [-0.05, 0) is 42.6 Å². The highest BCUT2D eigenvalue weighted by Crippen LogP contribution is 2.27. The zero-order valence-electron chi connectivity index (χ0n) is 16.4. The number of fused-ring (bicyclic) bond motifs is 1. The maximum absolute atomic E-state index is 13.2. The number of benzene rings is 3. The Bertz CT molecular complexity index is 1080. The summed E-state index contributed by atoms with van der Waals surface area (Å²) in [7, 11) is 0. The van der Waals surface area contributed by atoms with Crippen molar-refractivity contribution in [3.05, 3.63) is 72.5 Å². The Balaban J connectivity index is 1.43. The molecule has 0 radical (unpaired) electrons. The lowest BCUT2D eigenvalue weighted by Crippen LogP contribution is -2.40. The molecule has 0 spiro atoms. The van der Waals surface area contributed by atoms with Crippen molar-refractivity contribution in [2.45, 2.75) is 19.1 Å². The smallest absolute Gasteiger partial charge is 0.332 e. The molecule has 1 aliphatic heterocycles. The Kier molecular flexibility index (Phi) is 5.37. The van der Waals surface area contributed by atoms with Crippen molar-refractivity contribution in [3.8, 4) is 5.75 Å². The number of β-amino-alcohol motifs (C(OH)–C–C–N with tert-alkyl or cyclic N) is 1. The molecule has 1 fully saturated rings. The van der Waals surface area contributed by atoms with Crippen LogP contribution in [0.4, 0.5) is 14.9 Å². The first-order chi connectivity index (χ1) is 14.5. The van der Waals surface area contributed by atoms with Crippen LogP contribution in [0.2, 0.25) is 0 Å². The number of aliphatic hydroxyl groups is 1. The molecule has 1 aliphatic rings. The number of hydrogen-bond donors (Lipinski definition) is 1. The fourth-order valence-corrected chi connectivity index (χ4v) is 3.60. The van der Waals surface area contributed by atoms with Crippen LogP contribution in [-0.4, -0.2) is 47.2 Å². The van der Waals surface area contributed by atoms with Crippen LogP contribution in [0.3, 0.4) is 0 Å². The topological polar surface area (TPSA) is 70.1 Å². The number of carbonyl (C=O) groups excluding carboxylic acids is 2. The molecule has 3 amide bonds. The highest BCUT2D eigenvalue weighted by Gasteiger charge is 2.43. The summed E-state index contributed by atoms with van der Waals surface area (Å²) >= 11 is 0. The third kappa shape index (κ3) is 3.71. The van der Waals surface area contributed by atoms with Crippen LogP contribution in [0.15, 0.2) is 66.7 Å². The zero-order valence-corrected chi connectivity index (χ0v) is 16.4. The van der Waals surface area contributed by atoms with Crippen molar-refractivity contribution in [3.63, 3.8) is 0 Å². The first kappa shape index (κ1) is 19.8. The molecule has 30 heavy (non-hydrogen) atoms. The molecule has 4 rings (SSSR count). The van der Waals surface area contributed by atoms with Gasteiger partial charge in [0.1, 0.15) is 30.3 Å². The second kappa shape index (κ2) is 8.12. The molecule has 1 saturated heterocycles. The normalized spacial score (nSPS) is 17.6. The number of nitrogens with zero attached hydrogens (tertiary/aromatic N) is 2. The minimum atomic E-state index is -1.06. The van der Waals surface area contributed by atoms with Crippen LogP contribution >= 0.6 is 0 Å². The second-order valence-corrected chi connectivity index (χ2v) is 7.20. The van der Waals surface area contributed by atoms with Crippen molar-refractivity contribution >= 4 is 28.4 Å². The molecule has 2 atom stereocenters. The summed E-state index contributed by atoms with van der Waals surface area (Å²) < 4.78 is 18.9. The maximum Gasteiger partial charge on any atom is 0.332 e. The van der Waals surface area contributed by atoms with E-state index in [1.54, 1.807) is 13.0 Å². The quantitative estimate of drug-likeness (QED) is 0.633. The van der Waals surface area contributed by atoms with Gasteiger partial charge in [0.05, 0.1) is 6.54 Å². The number of carbonyl (C=O) groups is 2. The van der Waals surface area contributed by atoms with Crippen molar-refractivity contribution in [1.29, 1.82) is 0 Å². The summed E-state index contributed by atoms with van der Waals surface area (Å²) in [6.07, 6.45) is -1.06. The average molecular weight is 408 g/mol. The van der Waals surface area contributed by atoms with E-state index >= 15 is 0 Å². The van der Waals surface area contributed by atoms with Crippen LogP contribution in [-0.2, 0) is 4.79 Å². The van der Waals surface area contributed by atoms with Gasteiger partial charge in [0.25, 0.3) is 5.91 Å². The molecule has 1 heterocycles. The number of amides is 3. The molecule has 1 N–H and O–H groups in total. The summed E-state index contributed by atoms with van der Waals surface area (Å²) in [4.78, 5) is 27.7. The first-order valence-electron chi connectivity index (χ1n) is 9.64. The van der Waals surface area contributed by atoms with Crippen molar-refractivity contribution in [2.24, 2.45) is 0 Å². The first-order valence-corrected chi connectivity index (χ1v) is 9.64. The molecule has 6 nitrogen and oxygen atoms in total. The summed E-state index contributed by atoms with van der Waals surface area (Å²) in [5.41, 5.74) is 0.422. The van der Waals surface area contributed by atoms with Crippen molar-refractivity contribution in [1.82, 2.24) is 4.90 Å². The number of aliphatic hydroxyl groups excluding tert-OH is 1. The lowest BCUT2D eigenvalue weighted by molar-refractivity contribution is -0.128. The number of halogens is 1. The maximum atomic E-state index is 13.2. The fourth-order valence-electron chi connectivity index (χ4n) is 3.60. The van der Waals surface area contributed by atoms with Gasteiger partial charge >= 0.3 is 6.03 Å². The monoisotopic (exact) mass is 408 g/mol. The summed E-state index contributed by atoms with van der Waals surface area (Å²) in [5, 5.41) is 12.3. The summed E-state index contributed by atoms with van der Waals surface area (Å²) in [6, 6.07) is 17.4. The minimum Gasteiger partial charge on any atom is -0.490 e. The number of urea groups is 1. The number of rotatable bonds is 6. The van der Waals surface area contributed by atoms with Crippen LogP contribution in [0.25, 0.3) is 10.8 Å². The van der Waals surface area contributed by atoms with Crippen LogP contribution in [0.5, 0.6) is 5.75 Å². The highest BCUT2D eigenvalue weighted by atomic mass is 19.1. The second-order valence-electron chi connectivity index (χ2n) is 7.20. The molecule has 3 aromatic rings. The van der Waals surface area contributed by atoms with Gasteiger partial charge in [0, 0.05) is 11.1 Å². The van der Waals surface area contributed by atoms with Crippen LogP contribution in [0.1, 0.15) is 6.92 Å². The van der Waals surface area contributed by atoms with Gasteiger partial charge in [0.15, 0.2) is 0 Å². The molecule has 0 aromatic heterocycles. The van der Waals surface area contributed by atoms with E-state index < -0.39 is 29.9 Å². The van der Waals surface area contributed by atoms with Gasteiger partial charge in [-0.3, -0.25) is 14.6 Å². The Morgan fingerprint density at radius 2 is 1.73 bits per heavy atom. The number of anilines is 1. The van der Waals surface area contributed by atoms with Gasteiger partial charge in [-0.25, -0.2) is 9.18 Å². The number of hydrogen-bond acceptors (Lipinski definition) is 4. The average Bonchev–Trinajstić information content (AvgIpc) is 2.96. The predicted octanol–water partition coefficient (Wildman–Crippen LogP) is 3.58. The molecular formula is C23H21FN2O4. The van der Waals surface area contributed by atoms with E-state index in [-0.39, 0.29) is 13.2 Å². The van der Waals surface area contributed by atoms with E-state index in [0.29, 0.717) is 11.4 Å². The number of imide groups is 1. The Labute approximate surface area is 173 Å². The SMILES string of the molecule is C[C@H]1C(=O)N(C[C@@H](O)COc2cccc3ccccc23)C(=O)N1c1ccc(F)cc1. The molecule has 7 heteroatoms. The van der Waals surface area contributed by atoms with Crippen molar-refractivity contribution < 1.29 is 23.8 Å². The van der Waals surface area contributed by atoms with E-state index in [4.69, 9.17) is 4.74 Å². The van der Waals surface area contributed by atoms with Gasteiger partial charge < -0.3 is 9.84 Å². The van der Waals surface area contributed by atoms with Gasteiger partial charge in [-0.15, -0.1) is 0 Å². The molecular weight excluding hydrogens is 387 g/mol. The van der Waals surface area contributed by atoms with Crippen molar-refractivity contribution in [2.75, 3.05) is 18.1 Å². The van der Waals surface area contributed by atoms with Crippen LogP contribution in [0, 0.1) is 5.82 Å². The third-order valence-electron chi connectivity index (χ3n) is 5.13. The number of ether oxygens (including phenoxy) is 1. The minimum absolute atomic E-state index is 0.0734. The van der Waals surface area contributed by atoms with E-state index in [2.05, 4.69) is 0 Å². The van der Waals surface area contributed by atoms with Crippen LogP contribution < -0.4 is 9.64 Å². The standard InChI is InChI=1S/C23H21FN2O4/c1-15-22(28)25(23(29)26(15)18-11-9-17(24)10-12-18)13-19(27)14-30-21-8-4-6-16-5-2-3-7-20(16)21/h2-12,15,19,27H,13-14H2,1H3/t15-,19+/m0/s1. The fraction of sp³-hybridized carbons (Fsp3) is 0.217. The molecule has 154 valence electrons. The van der Waals surface area contributed by atoms with Gasteiger partial charge in [-0.1, -0.05) is 36.4 Å². The molecule has 0 unspecified atom stereocenters. The Morgan fingerprint density at radius 1 is 1.03 bits per heavy atom. The lowest BCUT2D eigenvalue weighted by atomic mass is 10.1. The largest absolute Gasteiger partial charge is 0.490 e. The van der Waals surface area contributed by atoms with E-state index in [0.717, 1.165) is 15.7 Å². The summed E-state index contributed by atoms with van der Waals surface area (Å²) in [5.74, 6) is -0.233. The van der Waals surface area contributed by atoms with Gasteiger partial charge in [-0.2, -0.15) is 0 Å². The molecule has 3 aromatic carbocycles. The Hall–Kier alpha value is -3.45. The predicted molar refractivity (Wildman–Crippen MR) is 111 cm³/mol. The molecule has 0 bridgehead atoms. The van der Waals surface area contributed by atoms with E-state index in [9.17, 15) is 19.1 Å².